The van der Waals surface area contributed by atoms with Crippen LogP contribution in [0.3, 0.4) is 0 Å². The first-order valence-corrected chi connectivity index (χ1v) is 8.86. The summed E-state index contributed by atoms with van der Waals surface area (Å²) in [7, 11) is 0. The Bertz CT molecular complexity index is 645. The van der Waals surface area contributed by atoms with E-state index in [2.05, 4.69) is 5.32 Å². The molecule has 2 rings (SSSR count). The van der Waals surface area contributed by atoms with Crippen LogP contribution in [0, 0.1) is 5.82 Å². The summed E-state index contributed by atoms with van der Waals surface area (Å²) in [5.74, 6) is -0.599. The fourth-order valence-corrected chi connectivity index (χ4v) is 2.89. The molecule has 26 heavy (non-hydrogen) atoms. The first kappa shape index (κ1) is 20.0. The Balaban J connectivity index is 2.15. The van der Waals surface area contributed by atoms with E-state index < -0.39 is 17.8 Å². The van der Waals surface area contributed by atoms with Crippen molar-refractivity contribution in [1.82, 2.24) is 10.2 Å². The number of alkyl carbamates (subject to hydrolysis) is 1. The van der Waals surface area contributed by atoms with Gasteiger partial charge in [0.05, 0.1) is 12.6 Å². The third-order valence-corrected chi connectivity index (χ3v) is 3.99. The standard InChI is InChI=1S/C19H27FN2O4/c1-5-9-25-17(23)21-16-12-22(18(24)26-19(2,3)4)11-15(16)13-7-6-8-14(20)10-13/h6-8,10,15-16H,5,9,11-12H2,1-4H3,(H,21,23)/t15-,16+/m1/s1. The van der Waals surface area contributed by atoms with E-state index in [-0.39, 0.29) is 24.3 Å². The van der Waals surface area contributed by atoms with Gasteiger partial charge in [0, 0.05) is 19.0 Å². The van der Waals surface area contributed by atoms with Crippen LogP contribution in [0.4, 0.5) is 14.0 Å². The maximum absolute atomic E-state index is 13.6. The summed E-state index contributed by atoms with van der Waals surface area (Å²) in [6.45, 7) is 8.21. The van der Waals surface area contributed by atoms with Crippen LogP contribution < -0.4 is 5.32 Å². The van der Waals surface area contributed by atoms with Crippen LogP contribution in [0.15, 0.2) is 24.3 Å². The molecule has 0 aromatic heterocycles. The summed E-state index contributed by atoms with van der Waals surface area (Å²) in [5, 5.41) is 2.80. The largest absolute Gasteiger partial charge is 0.450 e. The van der Waals surface area contributed by atoms with Crippen LogP contribution in [0.5, 0.6) is 0 Å². The third-order valence-electron chi connectivity index (χ3n) is 3.99. The highest BCUT2D eigenvalue weighted by Crippen LogP contribution is 2.29. The molecule has 0 saturated carbocycles. The molecule has 2 atom stereocenters. The zero-order valence-electron chi connectivity index (χ0n) is 15.8. The Hall–Kier alpha value is -2.31. The van der Waals surface area contributed by atoms with Crippen LogP contribution in [-0.2, 0) is 9.47 Å². The highest BCUT2D eigenvalue weighted by Gasteiger charge is 2.39. The number of ether oxygens (including phenoxy) is 2. The number of rotatable bonds is 4. The van der Waals surface area contributed by atoms with Crippen LogP contribution in [-0.4, -0.2) is 48.4 Å². The molecule has 6 nitrogen and oxygen atoms in total. The fourth-order valence-electron chi connectivity index (χ4n) is 2.89. The lowest BCUT2D eigenvalue weighted by Gasteiger charge is -2.24. The Morgan fingerprint density at radius 2 is 2.04 bits per heavy atom. The average Bonchev–Trinajstić information content (AvgIpc) is 2.95. The van der Waals surface area contributed by atoms with Crippen LogP contribution in [0.2, 0.25) is 0 Å². The van der Waals surface area contributed by atoms with Crippen LogP contribution in [0.1, 0.15) is 45.6 Å². The molecule has 1 heterocycles. The molecule has 1 aromatic carbocycles. The molecule has 144 valence electrons. The molecule has 7 heteroatoms. The second-order valence-electron chi connectivity index (χ2n) is 7.43. The normalized spacial score (nSPS) is 20.0. The summed E-state index contributed by atoms with van der Waals surface area (Å²) in [4.78, 5) is 25.9. The Morgan fingerprint density at radius 3 is 2.65 bits per heavy atom. The van der Waals surface area contributed by atoms with E-state index in [0.29, 0.717) is 13.2 Å². The van der Waals surface area contributed by atoms with E-state index in [0.717, 1.165) is 12.0 Å². The minimum atomic E-state index is -0.614. The molecule has 1 aliphatic rings. The molecule has 2 amide bonds. The molecule has 1 saturated heterocycles. The van der Waals surface area contributed by atoms with Crippen molar-refractivity contribution in [2.45, 2.75) is 51.7 Å². The Morgan fingerprint density at radius 1 is 1.31 bits per heavy atom. The molecule has 0 aliphatic carbocycles. The zero-order valence-corrected chi connectivity index (χ0v) is 15.8. The van der Waals surface area contributed by atoms with Gasteiger partial charge in [-0.2, -0.15) is 0 Å². The summed E-state index contributed by atoms with van der Waals surface area (Å²) in [5.41, 5.74) is 0.105. The molecule has 0 unspecified atom stereocenters. The van der Waals surface area contributed by atoms with Gasteiger partial charge in [0.15, 0.2) is 0 Å². The summed E-state index contributed by atoms with van der Waals surface area (Å²) in [6.07, 6.45) is -0.274. The van der Waals surface area contributed by atoms with Crippen molar-refractivity contribution in [1.29, 1.82) is 0 Å². The number of amides is 2. The predicted octanol–water partition coefficient (Wildman–Crippen LogP) is 3.66. The molecule has 0 radical (unpaired) electrons. The number of nitrogens with one attached hydrogen (secondary N) is 1. The minimum absolute atomic E-state index is 0.243. The lowest BCUT2D eigenvalue weighted by Crippen LogP contribution is -2.41. The number of halogens is 1. The minimum Gasteiger partial charge on any atom is -0.450 e. The van der Waals surface area contributed by atoms with Gasteiger partial charge in [-0.25, -0.2) is 14.0 Å². The van der Waals surface area contributed by atoms with Gasteiger partial charge in [0.25, 0.3) is 0 Å². The smallest absolute Gasteiger partial charge is 0.410 e. The molecule has 1 aliphatic heterocycles. The number of benzene rings is 1. The second-order valence-corrected chi connectivity index (χ2v) is 7.43. The van der Waals surface area contributed by atoms with Gasteiger partial charge in [0.2, 0.25) is 0 Å². The van der Waals surface area contributed by atoms with Crippen molar-refractivity contribution in [3.8, 4) is 0 Å². The molecule has 1 N–H and O–H groups in total. The highest BCUT2D eigenvalue weighted by molar-refractivity contribution is 5.71. The number of carbonyl (C=O) groups excluding carboxylic acids is 2. The van der Waals surface area contributed by atoms with E-state index in [1.165, 1.54) is 17.0 Å². The quantitative estimate of drug-likeness (QED) is 0.883. The summed E-state index contributed by atoms with van der Waals surface area (Å²) < 4.78 is 24.1. The van der Waals surface area contributed by atoms with Crippen molar-refractivity contribution in [3.63, 3.8) is 0 Å². The van der Waals surface area contributed by atoms with Crippen molar-refractivity contribution in [2.75, 3.05) is 19.7 Å². The van der Waals surface area contributed by atoms with Gasteiger partial charge in [-0.05, 0) is 44.9 Å². The van der Waals surface area contributed by atoms with Gasteiger partial charge >= 0.3 is 12.2 Å². The molecule has 1 fully saturated rings. The lowest BCUT2D eigenvalue weighted by molar-refractivity contribution is 0.0288. The van der Waals surface area contributed by atoms with E-state index in [1.54, 1.807) is 32.9 Å². The van der Waals surface area contributed by atoms with E-state index in [4.69, 9.17) is 9.47 Å². The fraction of sp³-hybridized carbons (Fsp3) is 0.579. The summed E-state index contributed by atoms with van der Waals surface area (Å²) in [6, 6.07) is 5.82. The topological polar surface area (TPSA) is 67.9 Å². The van der Waals surface area contributed by atoms with Crippen molar-refractivity contribution in [2.24, 2.45) is 0 Å². The zero-order chi connectivity index (χ0) is 19.3. The first-order chi connectivity index (χ1) is 12.2. The highest BCUT2D eigenvalue weighted by atomic mass is 19.1. The average molecular weight is 366 g/mol. The SMILES string of the molecule is CCCOC(=O)N[C@H]1CN(C(=O)OC(C)(C)C)C[C@@H]1c1cccc(F)c1. The van der Waals surface area contributed by atoms with Gasteiger partial charge in [-0.3, -0.25) is 0 Å². The number of nitrogens with zero attached hydrogens (tertiary/aromatic N) is 1. The molecule has 1 aromatic rings. The van der Waals surface area contributed by atoms with E-state index in [9.17, 15) is 14.0 Å². The van der Waals surface area contributed by atoms with E-state index in [1.807, 2.05) is 6.92 Å². The maximum atomic E-state index is 13.6. The lowest BCUT2D eigenvalue weighted by atomic mass is 9.94. The summed E-state index contributed by atoms with van der Waals surface area (Å²) >= 11 is 0. The third kappa shape index (κ3) is 5.61. The number of hydrogen-bond acceptors (Lipinski definition) is 4. The van der Waals surface area contributed by atoms with E-state index >= 15 is 0 Å². The molecule has 0 bridgehead atoms. The van der Waals surface area contributed by atoms with Crippen molar-refractivity contribution >= 4 is 12.2 Å². The first-order valence-electron chi connectivity index (χ1n) is 8.86. The molecular formula is C19H27FN2O4. The van der Waals surface area contributed by atoms with Crippen LogP contribution >= 0.6 is 0 Å². The van der Waals surface area contributed by atoms with Gasteiger partial charge < -0.3 is 19.7 Å². The van der Waals surface area contributed by atoms with Gasteiger partial charge in [-0.1, -0.05) is 19.1 Å². The Labute approximate surface area is 153 Å². The number of likely N-dealkylation sites (tertiary alicyclic amines) is 1. The second kappa shape index (κ2) is 8.38. The predicted molar refractivity (Wildman–Crippen MR) is 95.5 cm³/mol. The number of carbonyl (C=O) groups is 2. The van der Waals surface area contributed by atoms with Gasteiger partial charge in [0.1, 0.15) is 11.4 Å². The Kier molecular flexibility index (Phi) is 6.45. The maximum Gasteiger partial charge on any atom is 0.410 e. The van der Waals surface area contributed by atoms with Crippen LogP contribution in [0.25, 0.3) is 0 Å². The van der Waals surface area contributed by atoms with Crippen molar-refractivity contribution in [3.05, 3.63) is 35.6 Å². The number of hydrogen-bond donors (Lipinski definition) is 1. The molecular weight excluding hydrogens is 339 g/mol. The van der Waals surface area contributed by atoms with Crippen molar-refractivity contribution < 1.29 is 23.5 Å². The van der Waals surface area contributed by atoms with Gasteiger partial charge in [-0.15, -0.1) is 0 Å². The molecule has 0 spiro atoms. The monoisotopic (exact) mass is 366 g/mol.